The van der Waals surface area contributed by atoms with Gasteiger partial charge in [0.05, 0.1) is 12.0 Å². The zero-order chi connectivity index (χ0) is 17.9. The van der Waals surface area contributed by atoms with Crippen LogP contribution in [-0.2, 0) is 0 Å². The van der Waals surface area contributed by atoms with Crippen LogP contribution in [0.3, 0.4) is 0 Å². The van der Waals surface area contributed by atoms with Gasteiger partial charge in [0, 0.05) is 24.8 Å². The van der Waals surface area contributed by atoms with E-state index in [0.29, 0.717) is 11.7 Å². The highest BCUT2D eigenvalue weighted by molar-refractivity contribution is 5.91. The molecular weight excluding hydrogens is 324 g/mol. The van der Waals surface area contributed by atoms with E-state index in [1.165, 1.54) is 16.7 Å². The van der Waals surface area contributed by atoms with Crippen LogP contribution in [-0.4, -0.2) is 28.9 Å². The number of carbonyl (C=O) groups is 1. The molecule has 132 valence electrons. The summed E-state index contributed by atoms with van der Waals surface area (Å²) in [6.07, 6.45) is 5.30. The Bertz CT molecular complexity index is 880. The van der Waals surface area contributed by atoms with Gasteiger partial charge >= 0.3 is 0 Å². The molecule has 0 unspecified atom stereocenters. The summed E-state index contributed by atoms with van der Waals surface area (Å²) in [6, 6.07) is 16.0. The monoisotopic (exact) mass is 346 g/mol. The van der Waals surface area contributed by atoms with Gasteiger partial charge in [-0.3, -0.25) is 9.78 Å². The van der Waals surface area contributed by atoms with E-state index in [-0.39, 0.29) is 5.91 Å². The fourth-order valence-electron chi connectivity index (χ4n) is 3.84. The molecule has 0 aliphatic carbocycles. The summed E-state index contributed by atoms with van der Waals surface area (Å²) in [5.74, 6) is 0.850. The molecule has 4 heteroatoms. The second-order valence-electron chi connectivity index (χ2n) is 6.80. The molecule has 4 rings (SSSR count). The molecule has 1 fully saturated rings. The highest BCUT2D eigenvalue weighted by atomic mass is 16.3. The SMILES string of the molecule is Cc1cccc(C2CCN(C(=O)c3ccco3)CC2)c1-c1ccccn1. The first-order valence-electron chi connectivity index (χ1n) is 9.08. The van der Waals surface area contributed by atoms with Crippen molar-refractivity contribution >= 4 is 5.91 Å². The summed E-state index contributed by atoms with van der Waals surface area (Å²) in [5, 5.41) is 0. The van der Waals surface area contributed by atoms with Gasteiger partial charge in [0.2, 0.25) is 0 Å². The molecule has 0 saturated carbocycles. The van der Waals surface area contributed by atoms with Crippen molar-refractivity contribution in [3.8, 4) is 11.3 Å². The van der Waals surface area contributed by atoms with Crippen LogP contribution >= 0.6 is 0 Å². The Morgan fingerprint density at radius 3 is 2.62 bits per heavy atom. The fourth-order valence-corrected chi connectivity index (χ4v) is 3.84. The third-order valence-corrected chi connectivity index (χ3v) is 5.18. The Morgan fingerprint density at radius 2 is 1.92 bits per heavy atom. The van der Waals surface area contributed by atoms with Crippen molar-refractivity contribution in [2.24, 2.45) is 0 Å². The molecule has 0 radical (unpaired) electrons. The third kappa shape index (κ3) is 3.15. The molecule has 2 aromatic heterocycles. The van der Waals surface area contributed by atoms with Crippen molar-refractivity contribution in [3.05, 3.63) is 77.9 Å². The highest BCUT2D eigenvalue weighted by Crippen LogP contribution is 2.36. The minimum atomic E-state index is -0.0114. The van der Waals surface area contributed by atoms with Gasteiger partial charge in [0.1, 0.15) is 0 Å². The number of carbonyl (C=O) groups excluding carboxylic acids is 1. The lowest BCUT2D eigenvalue weighted by Crippen LogP contribution is -2.37. The predicted molar refractivity (Wildman–Crippen MR) is 101 cm³/mol. The number of pyridine rings is 1. The number of hydrogen-bond acceptors (Lipinski definition) is 3. The Kier molecular flexibility index (Phi) is 4.57. The topological polar surface area (TPSA) is 46.3 Å². The molecule has 26 heavy (non-hydrogen) atoms. The number of aryl methyl sites for hydroxylation is 1. The highest BCUT2D eigenvalue weighted by Gasteiger charge is 2.27. The van der Waals surface area contributed by atoms with Gasteiger partial charge in [-0.1, -0.05) is 24.3 Å². The zero-order valence-corrected chi connectivity index (χ0v) is 14.9. The Hall–Kier alpha value is -2.88. The first-order chi connectivity index (χ1) is 12.7. The number of benzene rings is 1. The maximum atomic E-state index is 12.5. The molecule has 0 atom stereocenters. The normalized spacial score (nSPS) is 15.2. The van der Waals surface area contributed by atoms with Gasteiger partial charge in [0.25, 0.3) is 5.91 Å². The van der Waals surface area contributed by atoms with Crippen LogP contribution in [0, 0.1) is 6.92 Å². The molecule has 1 saturated heterocycles. The van der Waals surface area contributed by atoms with E-state index >= 15 is 0 Å². The number of furan rings is 1. The first-order valence-corrected chi connectivity index (χ1v) is 9.08. The molecule has 1 amide bonds. The first kappa shape index (κ1) is 16.6. The second-order valence-corrected chi connectivity index (χ2v) is 6.80. The quantitative estimate of drug-likeness (QED) is 0.692. The van der Waals surface area contributed by atoms with E-state index < -0.39 is 0 Å². The molecule has 3 heterocycles. The Labute approximate surface area is 153 Å². The summed E-state index contributed by atoms with van der Waals surface area (Å²) < 4.78 is 5.25. The molecule has 0 spiro atoms. The number of hydrogen-bond donors (Lipinski definition) is 0. The van der Waals surface area contributed by atoms with Crippen molar-refractivity contribution in [1.82, 2.24) is 9.88 Å². The summed E-state index contributed by atoms with van der Waals surface area (Å²) in [7, 11) is 0. The maximum Gasteiger partial charge on any atom is 0.289 e. The molecule has 4 nitrogen and oxygen atoms in total. The van der Waals surface area contributed by atoms with E-state index in [0.717, 1.165) is 31.6 Å². The van der Waals surface area contributed by atoms with Gasteiger partial charge in [-0.15, -0.1) is 0 Å². The molecule has 0 N–H and O–H groups in total. The number of piperidine rings is 1. The molecule has 1 aromatic carbocycles. The Morgan fingerprint density at radius 1 is 1.08 bits per heavy atom. The van der Waals surface area contributed by atoms with Crippen LogP contribution in [0.25, 0.3) is 11.3 Å². The number of rotatable bonds is 3. The van der Waals surface area contributed by atoms with E-state index in [1.54, 1.807) is 18.4 Å². The second kappa shape index (κ2) is 7.16. The summed E-state index contributed by atoms with van der Waals surface area (Å²) >= 11 is 0. The van der Waals surface area contributed by atoms with Crippen molar-refractivity contribution in [3.63, 3.8) is 0 Å². The maximum absolute atomic E-state index is 12.5. The van der Waals surface area contributed by atoms with Gasteiger partial charge in [-0.2, -0.15) is 0 Å². The van der Waals surface area contributed by atoms with E-state index in [4.69, 9.17) is 4.42 Å². The largest absolute Gasteiger partial charge is 0.459 e. The van der Waals surface area contributed by atoms with Crippen molar-refractivity contribution < 1.29 is 9.21 Å². The summed E-state index contributed by atoms with van der Waals surface area (Å²) in [5.41, 5.74) is 4.85. The standard InChI is InChI=1S/C22H22N2O2/c1-16-6-4-7-18(21(16)19-8-2-3-12-23-19)17-10-13-24(14-11-17)22(25)20-9-5-15-26-20/h2-9,12,15,17H,10-11,13-14H2,1H3. The van der Waals surface area contributed by atoms with Gasteiger partial charge in [0.15, 0.2) is 5.76 Å². The van der Waals surface area contributed by atoms with Crippen molar-refractivity contribution in [2.45, 2.75) is 25.7 Å². The Balaban J connectivity index is 1.55. The van der Waals surface area contributed by atoms with E-state index in [1.807, 2.05) is 23.2 Å². The molecule has 3 aromatic rings. The average Bonchev–Trinajstić information content (AvgIpc) is 3.23. The van der Waals surface area contributed by atoms with Crippen LogP contribution in [0.2, 0.25) is 0 Å². The van der Waals surface area contributed by atoms with Gasteiger partial charge < -0.3 is 9.32 Å². The smallest absolute Gasteiger partial charge is 0.289 e. The third-order valence-electron chi connectivity index (χ3n) is 5.18. The zero-order valence-electron chi connectivity index (χ0n) is 14.9. The lowest BCUT2D eigenvalue weighted by Gasteiger charge is -2.32. The molecule has 1 aliphatic rings. The van der Waals surface area contributed by atoms with Gasteiger partial charge in [-0.05, 0) is 61.1 Å². The van der Waals surface area contributed by atoms with Gasteiger partial charge in [-0.25, -0.2) is 0 Å². The van der Waals surface area contributed by atoms with Crippen LogP contribution in [0.1, 0.15) is 40.4 Å². The van der Waals surface area contributed by atoms with E-state index in [2.05, 4.69) is 36.2 Å². The predicted octanol–water partition coefficient (Wildman–Crippen LogP) is 4.67. The summed E-state index contributed by atoms with van der Waals surface area (Å²) in [6.45, 7) is 3.64. The number of amides is 1. The minimum absolute atomic E-state index is 0.0114. The lowest BCUT2D eigenvalue weighted by atomic mass is 9.84. The van der Waals surface area contributed by atoms with Crippen molar-refractivity contribution in [2.75, 3.05) is 13.1 Å². The van der Waals surface area contributed by atoms with Crippen molar-refractivity contribution in [1.29, 1.82) is 0 Å². The average molecular weight is 346 g/mol. The molecule has 0 bridgehead atoms. The molecule has 1 aliphatic heterocycles. The number of aromatic nitrogens is 1. The van der Waals surface area contributed by atoms with Crippen LogP contribution < -0.4 is 0 Å². The van der Waals surface area contributed by atoms with Crippen LogP contribution in [0.15, 0.2) is 65.4 Å². The van der Waals surface area contributed by atoms with Crippen LogP contribution in [0.5, 0.6) is 0 Å². The summed E-state index contributed by atoms with van der Waals surface area (Å²) in [4.78, 5) is 18.9. The van der Waals surface area contributed by atoms with Crippen LogP contribution in [0.4, 0.5) is 0 Å². The number of nitrogens with zero attached hydrogens (tertiary/aromatic N) is 2. The van der Waals surface area contributed by atoms with E-state index in [9.17, 15) is 4.79 Å². The lowest BCUT2D eigenvalue weighted by molar-refractivity contribution is 0.0681. The minimum Gasteiger partial charge on any atom is -0.459 e. The molecular formula is C22H22N2O2. The number of likely N-dealkylation sites (tertiary alicyclic amines) is 1. The fraction of sp³-hybridized carbons (Fsp3) is 0.273.